The molecule has 0 saturated carbocycles. The molecule has 0 bridgehead atoms. The third-order valence-electron chi connectivity index (χ3n) is 2.47. The van der Waals surface area contributed by atoms with E-state index in [9.17, 15) is 0 Å². The first-order valence-electron chi connectivity index (χ1n) is 5.16. The predicted molar refractivity (Wildman–Crippen MR) is 62.4 cm³/mol. The van der Waals surface area contributed by atoms with E-state index < -0.39 is 0 Å². The van der Waals surface area contributed by atoms with Gasteiger partial charge in [0.15, 0.2) is 0 Å². The minimum Gasteiger partial charge on any atom is -0.496 e. The number of aryl methyl sites for hydroxylation is 1. The van der Waals surface area contributed by atoms with Crippen molar-refractivity contribution in [2.75, 3.05) is 7.11 Å². The Hall–Kier alpha value is -2.35. The second kappa shape index (κ2) is 4.66. The van der Waals surface area contributed by atoms with Gasteiger partial charge in [0.1, 0.15) is 12.3 Å². The van der Waals surface area contributed by atoms with Crippen LogP contribution in [0.1, 0.15) is 5.56 Å². The van der Waals surface area contributed by atoms with E-state index in [1.54, 1.807) is 18.0 Å². The molecule has 5 heteroatoms. The zero-order valence-corrected chi connectivity index (χ0v) is 9.71. The maximum Gasteiger partial charge on any atom is 0.130 e. The van der Waals surface area contributed by atoms with Gasteiger partial charge in [-0.3, -0.25) is 0 Å². The fraction of sp³-hybridized carbons (Fsp3) is 0.250. The van der Waals surface area contributed by atoms with Gasteiger partial charge in [0, 0.05) is 5.56 Å². The number of hydrogen-bond donors (Lipinski definition) is 0. The number of methoxy groups -OCH3 is 1. The Labute approximate surface area is 99.2 Å². The number of benzene rings is 1. The molecule has 0 amide bonds. The highest BCUT2D eigenvalue weighted by Gasteiger charge is 2.11. The summed E-state index contributed by atoms with van der Waals surface area (Å²) in [6.07, 6.45) is 1.63. The van der Waals surface area contributed by atoms with Crippen LogP contribution in [0.25, 0.3) is 11.3 Å². The number of ether oxygens (including phenoxy) is 1. The summed E-state index contributed by atoms with van der Waals surface area (Å²) in [5.74, 6) is 0.747. The fourth-order valence-electron chi connectivity index (χ4n) is 1.67. The van der Waals surface area contributed by atoms with Gasteiger partial charge in [0.2, 0.25) is 0 Å². The van der Waals surface area contributed by atoms with Gasteiger partial charge in [-0.05, 0) is 19.1 Å². The van der Waals surface area contributed by atoms with Gasteiger partial charge in [-0.2, -0.15) is 5.26 Å². The summed E-state index contributed by atoms with van der Waals surface area (Å²) in [4.78, 5) is 0. The molecule has 1 aromatic carbocycles. The summed E-state index contributed by atoms with van der Waals surface area (Å²) in [5, 5.41) is 16.4. The third-order valence-corrected chi connectivity index (χ3v) is 2.47. The maximum atomic E-state index is 8.72. The molecular formula is C12H12N4O. The third kappa shape index (κ3) is 2.11. The van der Waals surface area contributed by atoms with Crippen LogP contribution >= 0.6 is 0 Å². The number of nitrogens with zero attached hydrogens (tertiary/aromatic N) is 4. The normalized spacial score (nSPS) is 9.94. The number of hydrogen-bond acceptors (Lipinski definition) is 4. The smallest absolute Gasteiger partial charge is 0.130 e. The molecule has 2 rings (SSSR count). The average molecular weight is 228 g/mol. The van der Waals surface area contributed by atoms with Crippen LogP contribution in [0, 0.1) is 18.3 Å². The first kappa shape index (κ1) is 11.1. The molecule has 2 aromatic rings. The highest BCUT2D eigenvalue weighted by atomic mass is 16.5. The lowest BCUT2D eigenvalue weighted by atomic mass is 10.1. The molecule has 0 saturated heterocycles. The van der Waals surface area contributed by atoms with E-state index >= 15 is 0 Å². The molecule has 17 heavy (non-hydrogen) atoms. The van der Waals surface area contributed by atoms with Gasteiger partial charge in [-0.1, -0.05) is 16.8 Å². The zero-order chi connectivity index (χ0) is 12.3. The van der Waals surface area contributed by atoms with Crippen molar-refractivity contribution in [2.45, 2.75) is 13.5 Å². The van der Waals surface area contributed by atoms with Gasteiger partial charge < -0.3 is 4.74 Å². The molecule has 0 radical (unpaired) electrons. The molecule has 0 fully saturated rings. The second-order valence-electron chi connectivity index (χ2n) is 3.64. The van der Waals surface area contributed by atoms with Gasteiger partial charge >= 0.3 is 0 Å². The molecule has 0 unspecified atom stereocenters. The van der Waals surface area contributed by atoms with Crippen molar-refractivity contribution in [1.82, 2.24) is 15.0 Å². The summed E-state index contributed by atoms with van der Waals surface area (Å²) in [6.45, 7) is 2.17. The van der Waals surface area contributed by atoms with Crippen LogP contribution in [0.3, 0.4) is 0 Å². The van der Waals surface area contributed by atoms with Crippen molar-refractivity contribution in [2.24, 2.45) is 0 Å². The molecule has 0 atom stereocenters. The molecule has 0 aliphatic carbocycles. The number of aromatic nitrogens is 3. The van der Waals surface area contributed by atoms with Crippen molar-refractivity contribution >= 4 is 0 Å². The topological polar surface area (TPSA) is 63.7 Å². The van der Waals surface area contributed by atoms with Gasteiger partial charge in [0.25, 0.3) is 0 Å². The lowest BCUT2D eigenvalue weighted by Gasteiger charge is -2.09. The SMILES string of the molecule is COc1ccc(C)cc1-c1cnnn1CC#N. The highest BCUT2D eigenvalue weighted by Crippen LogP contribution is 2.29. The van der Waals surface area contributed by atoms with Crippen molar-refractivity contribution in [3.8, 4) is 23.1 Å². The monoisotopic (exact) mass is 228 g/mol. The molecule has 5 nitrogen and oxygen atoms in total. The Morgan fingerprint density at radius 1 is 1.47 bits per heavy atom. The Morgan fingerprint density at radius 2 is 2.29 bits per heavy atom. The molecule has 0 spiro atoms. The summed E-state index contributed by atoms with van der Waals surface area (Å²) < 4.78 is 6.86. The molecule has 0 aliphatic rings. The van der Waals surface area contributed by atoms with E-state index in [-0.39, 0.29) is 6.54 Å². The van der Waals surface area contributed by atoms with Crippen LogP contribution in [-0.4, -0.2) is 22.1 Å². The quantitative estimate of drug-likeness (QED) is 0.803. The van der Waals surface area contributed by atoms with Crippen LogP contribution < -0.4 is 4.74 Å². The van der Waals surface area contributed by atoms with Crippen LogP contribution in [0.15, 0.2) is 24.4 Å². The summed E-state index contributed by atoms with van der Waals surface area (Å²) in [6, 6.07) is 7.91. The Balaban J connectivity index is 2.55. The fourth-order valence-corrected chi connectivity index (χ4v) is 1.67. The van der Waals surface area contributed by atoms with Gasteiger partial charge in [-0.15, -0.1) is 5.10 Å². The minimum absolute atomic E-state index is 0.173. The molecule has 0 aliphatic heterocycles. The van der Waals surface area contributed by atoms with Crippen molar-refractivity contribution in [3.63, 3.8) is 0 Å². The van der Waals surface area contributed by atoms with E-state index in [0.29, 0.717) is 0 Å². The summed E-state index contributed by atoms with van der Waals surface area (Å²) >= 11 is 0. The van der Waals surface area contributed by atoms with Crippen LogP contribution in [-0.2, 0) is 6.54 Å². The molecule has 1 aromatic heterocycles. The average Bonchev–Trinajstić information content (AvgIpc) is 2.77. The summed E-state index contributed by atoms with van der Waals surface area (Å²) in [5.41, 5.74) is 2.80. The highest BCUT2D eigenvalue weighted by molar-refractivity contribution is 5.67. The lowest BCUT2D eigenvalue weighted by Crippen LogP contribution is -2.01. The van der Waals surface area contributed by atoms with Crippen LogP contribution in [0.2, 0.25) is 0 Å². The summed E-state index contributed by atoms with van der Waals surface area (Å²) in [7, 11) is 1.62. The Morgan fingerprint density at radius 3 is 3.00 bits per heavy atom. The van der Waals surface area contributed by atoms with Gasteiger partial charge in [0.05, 0.1) is 25.1 Å². The lowest BCUT2D eigenvalue weighted by molar-refractivity contribution is 0.416. The molecule has 0 N–H and O–H groups in total. The van der Waals surface area contributed by atoms with Crippen LogP contribution in [0.5, 0.6) is 5.75 Å². The van der Waals surface area contributed by atoms with E-state index in [1.165, 1.54) is 0 Å². The first-order valence-corrected chi connectivity index (χ1v) is 5.16. The van der Waals surface area contributed by atoms with E-state index in [0.717, 1.165) is 22.6 Å². The van der Waals surface area contributed by atoms with Crippen LogP contribution in [0.4, 0.5) is 0 Å². The predicted octanol–water partition coefficient (Wildman–Crippen LogP) is 1.79. The van der Waals surface area contributed by atoms with Gasteiger partial charge in [-0.25, -0.2) is 4.68 Å². The molecule has 86 valence electrons. The largest absolute Gasteiger partial charge is 0.496 e. The zero-order valence-electron chi connectivity index (χ0n) is 9.71. The Bertz CT molecular complexity index is 568. The second-order valence-corrected chi connectivity index (χ2v) is 3.64. The Kier molecular flexibility index (Phi) is 3.06. The minimum atomic E-state index is 0.173. The van der Waals surface area contributed by atoms with E-state index in [2.05, 4.69) is 16.4 Å². The standard InChI is InChI=1S/C12H12N4O/c1-9-3-4-12(17-2)10(7-9)11-8-14-15-16(11)6-5-13/h3-4,7-8H,6H2,1-2H3. The molecule has 1 heterocycles. The van der Waals surface area contributed by atoms with Crippen molar-refractivity contribution in [1.29, 1.82) is 5.26 Å². The maximum absolute atomic E-state index is 8.72. The van der Waals surface area contributed by atoms with E-state index in [1.807, 2.05) is 25.1 Å². The van der Waals surface area contributed by atoms with Crippen molar-refractivity contribution in [3.05, 3.63) is 30.0 Å². The van der Waals surface area contributed by atoms with Crippen molar-refractivity contribution < 1.29 is 4.74 Å². The van der Waals surface area contributed by atoms with E-state index in [4.69, 9.17) is 10.00 Å². The first-order chi connectivity index (χ1) is 8.26. The molecular weight excluding hydrogens is 216 g/mol. The number of rotatable bonds is 3. The number of nitriles is 1.